The van der Waals surface area contributed by atoms with E-state index in [-0.39, 0.29) is 5.56 Å². The number of halogens is 1. The minimum atomic E-state index is -2.57. The van der Waals surface area contributed by atoms with E-state index in [0.29, 0.717) is 33.6 Å². The first-order valence-electron chi connectivity index (χ1n) is 13.4. The number of aromatic nitrogens is 1. The predicted octanol–water partition coefficient (Wildman–Crippen LogP) is 8.04. The minimum Gasteiger partial charge on any atom is -0.454 e. The van der Waals surface area contributed by atoms with Crippen molar-refractivity contribution in [2.24, 2.45) is 7.05 Å². The average Bonchev–Trinajstić information content (AvgIpc) is 3.32. The third-order valence-corrected chi connectivity index (χ3v) is 6.90. The normalized spacial score (nSPS) is 12.8. The molecule has 0 amide bonds. The van der Waals surface area contributed by atoms with Crippen LogP contribution >= 0.6 is 0 Å². The Kier molecular flexibility index (Phi) is 4.58. The lowest BCUT2D eigenvalue weighted by Gasteiger charge is -2.07. The average molecular weight is 487 g/mol. The van der Waals surface area contributed by atoms with Crippen molar-refractivity contribution < 1.29 is 17.5 Å². The van der Waals surface area contributed by atoms with Gasteiger partial charge in [0, 0.05) is 32.1 Å². The zero-order valence-electron chi connectivity index (χ0n) is 23.3. The van der Waals surface area contributed by atoms with Crippen LogP contribution in [0.1, 0.15) is 20.8 Å². The third kappa shape index (κ3) is 3.68. The zero-order chi connectivity index (χ0) is 28.2. The molecule has 6 aromatic rings. The van der Waals surface area contributed by atoms with Gasteiger partial charge in [-0.2, -0.15) is 5.26 Å². The van der Waals surface area contributed by atoms with Gasteiger partial charge in [-0.05, 0) is 48.2 Å². The Morgan fingerprint density at radius 3 is 2.16 bits per heavy atom. The molecule has 0 saturated carbocycles. The Morgan fingerprint density at radius 2 is 1.46 bits per heavy atom. The van der Waals surface area contributed by atoms with Crippen molar-refractivity contribution in [2.75, 3.05) is 0 Å². The summed E-state index contributed by atoms with van der Waals surface area (Å²) in [6.07, 6.45) is 1.31. The minimum absolute atomic E-state index is 0.340. The van der Waals surface area contributed by atoms with Gasteiger partial charge in [0.05, 0.1) is 17.2 Å². The van der Waals surface area contributed by atoms with Crippen LogP contribution in [0.25, 0.3) is 55.4 Å². The largest absolute Gasteiger partial charge is 0.454 e. The summed E-state index contributed by atoms with van der Waals surface area (Å²) in [5, 5.41) is 11.7. The van der Waals surface area contributed by atoms with E-state index < -0.39 is 12.7 Å². The van der Waals surface area contributed by atoms with Crippen LogP contribution in [-0.2, 0) is 7.05 Å². The lowest BCUT2D eigenvalue weighted by molar-refractivity contribution is -0.661. The smallest absolute Gasteiger partial charge is 0.219 e. The molecule has 0 atom stereocenters. The van der Waals surface area contributed by atoms with Crippen LogP contribution in [0.15, 0.2) is 95.5 Å². The number of hydrogen-bond acceptors (Lipinski definition) is 2. The number of hydrogen-bond donors (Lipinski definition) is 0. The highest BCUT2D eigenvalue weighted by molar-refractivity contribution is 6.14. The van der Waals surface area contributed by atoms with Gasteiger partial charge in [-0.25, -0.2) is 8.96 Å². The molecule has 0 unspecified atom stereocenters. The molecule has 3 nitrogen and oxygen atoms in total. The molecule has 178 valence electrons. The Morgan fingerprint density at radius 1 is 0.811 bits per heavy atom. The molecule has 6 rings (SSSR count). The first kappa shape index (κ1) is 19.4. The maximum absolute atomic E-state index is 15.0. The molecule has 0 bridgehead atoms. The molecule has 0 fully saturated rings. The molecule has 4 heteroatoms. The molecular weight excluding hydrogens is 459 g/mol. The number of nitrogens with zero attached hydrogens (tertiary/aromatic N) is 2. The molecule has 37 heavy (non-hydrogen) atoms. The van der Waals surface area contributed by atoms with E-state index in [2.05, 4.69) is 6.07 Å². The van der Waals surface area contributed by atoms with Crippen molar-refractivity contribution in [3.8, 4) is 39.6 Å². The second-order valence-electron chi connectivity index (χ2n) is 9.19. The van der Waals surface area contributed by atoms with Gasteiger partial charge in [-0.15, -0.1) is 0 Å². The molecule has 0 N–H and O–H groups in total. The third-order valence-electron chi connectivity index (χ3n) is 6.90. The maximum atomic E-state index is 15.0. The Balaban J connectivity index is 1.59. The second kappa shape index (κ2) is 8.72. The van der Waals surface area contributed by atoms with Gasteiger partial charge < -0.3 is 4.42 Å². The highest BCUT2D eigenvalue weighted by atomic mass is 19.1. The summed E-state index contributed by atoms with van der Waals surface area (Å²) in [7, 11) is 1.69. The van der Waals surface area contributed by atoms with Crippen molar-refractivity contribution in [2.45, 2.75) is 13.8 Å². The van der Waals surface area contributed by atoms with Crippen LogP contribution in [0.2, 0.25) is 0 Å². The second-order valence-corrected chi connectivity index (χ2v) is 9.19. The van der Waals surface area contributed by atoms with Crippen molar-refractivity contribution >= 4 is 21.9 Å². The highest BCUT2D eigenvalue weighted by Gasteiger charge is 2.24. The van der Waals surface area contributed by atoms with Crippen molar-refractivity contribution in [1.29, 1.82) is 5.26 Å². The SMILES string of the molecule is [2H]C([2H])([2H])c1c[n+](C)c(-c2c(C)ccc3c2oc2c(-c4ccc(-c5ccccc5)cc4)c(C#N)ccc23)cc1F. The van der Waals surface area contributed by atoms with E-state index >= 15 is 4.39 Å². The first-order valence-corrected chi connectivity index (χ1v) is 11.9. The Bertz CT molecular complexity index is 1970. The molecule has 0 spiro atoms. The maximum Gasteiger partial charge on any atom is 0.219 e. The fraction of sp³-hybridized carbons (Fsp3) is 0.0909. The number of furan rings is 1. The molecule has 0 aliphatic carbocycles. The quantitative estimate of drug-likeness (QED) is 0.238. The summed E-state index contributed by atoms with van der Waals surface area (Å²) in [4.78, 5) is 0. The summed E-state index contributed by atoms with van der Waals surface area (Å²) in [6, 6.07) is 29.2. The molecule has 2 aromatic heterocycles. The molecule has 0 aliphatic rings. The lowest BCUT2D eigenvalue weighted by Crippen LogP contribution is -2.31. The standard InChI is InChI=1S/C33H24FN2O/c1-20-9-15-26-27-16-14-25(18-35)31(24-12-10-23(11-13-24)22-7-5-4-6-8-22)33(27)37-32(26)30(20)29-17-28(34)21(2)19-36(29)3/h4-17,19H,1-3H3/q+1/i2D3. The summed E-state index contributed by atoms with van der Waals surface area (Å²) < 4.78 is 46.2. The Hall–Kier alpha value is -4.75. The predicted molar refractivity (Wildman–Crippen MR) is 145 cm³/mol. The Labute approximate surface area is 218 Å². The van der Waals surface area contributed by atoms with E-state index in [0.717, 1.165) is 33.0 Å². The van der Waals surface area contributed by atoms with E-state index in [1.165, 1.54) is 12.3 Å². The van der Waals surface area contributed by atoms with Gasteiger partial charge in [0.25, 0.3) is 0 Å². The van der Waals surface area contributed by atoms with Gasteiger partial charge in [0.1, 0.15) is 24.0 Å². The summed E-state index contributed by atoms with van der Waals surface area (Å²) >= 11 is 0. The fourth-order valence-electron chi connectivity index (χ4n) is 5.03. The van der Waals surface area contributed by atoms with E-state index in [9.17, 15) is 5.26 Å². The number of pyridine rings is 1. The van der Waals surface area contributed by atoms with Crippen LogP contribution in [-0.4, -0.2) is 0 Å². The molecular formula is C33H24FN2O+. The van der Waals surface area contributed by atoms with Crippen molar-refractivity contribution in [1.82, 2.24) is 0 Å². The number of rotatable bonds is 3. The first-order chi connectivity index (χ1) is 19.2. The summed E-state index contributed by atoms with van der Waals surface area (Å²) in [5.74, 6) is -0.799. The van der Waals surface area contributed by atoms with Gasteiger partial charge in [0.15, 0.2) is 6.20 Å². The fourth-order valence-corrected chi connectivity index (χ4v) is 5.03. The highest BCUT2D eigenvalue weighted by Crippen LogP contribution is 2.42. The van der Waals surface area contributed by atoms with Gasteiger partial charge >= 0.3 is 0 Å². The van der Waals surface area contributed by atoms with Gasteiger partial charge in [-0.3, -0.25) is 0 Å². The number of benzene rings is 4. The van der Waals surface area contributed by atoms with Crippen molar-refractivity contribution in [3.05, 3.63) is 114 Å². The van der Waals surface area contributed by atoms with Crippen LogP contribution in [0, 0.1) is 30.9 Å². The van der Waals surface area contributed by atoms with E-state index in [4.69, 9.17) is 8.53 Å². The van der Waals surface area contributed by atoms with Crippen LogP contribution in [0.3, 0.4) is 0 Å². The summed E-state index contributed by atoms with van der Waals surface area (Å²) in [6.45, 7) is -0.666. The van der Waals surface area contributed by atoms with E-state index in [1.54, 1.807) is 17.7 Å². The van der Waals surface area contributed by atoms with Gasteiger partial charge in [-0.1, -0.05) is 66.7 Å². The number of fused-ring (bicyclic) bond motifs is 3. The van der Waals surface area contributed by atoms with Crippen LogP contribution in [0.5, 0.6) is 0 Å². The molecule has 0 radical (unpaired) electrons. The van der Waals surface area contributed by atoms with Crippen LogP contribution < -0.4 is 4.57 Å². The number of aryl methyl sites for hydroxylation is 3. The van der Waals surface area contributed by atoms with E-state index in [1.807, 2.05) is 79.7 Å². The molecule has 2 heterocycles. The van der Waals surface area contributed by atoms with Crippen LogP contribution in [0.4, 0.5) is 4.39 Å². The topological polar surface area (TPSA) is 40.8 Å². The monoisotopic (exact) mass is 486 g/mol. The molecule has 4 aromatic carbocycles. The molecule has 0 aliphatic heterocycles. The van der Waals surface area contributed by atoms with Crippen molar-refractivity contribution in [3.63, 3.8) is 0 Å². The molecule has 0 saturated heterocycles. The lowest BCUT2D eigenvalue weighted by atomic mass is 9.95. The zero-order valence-corrected chi connectivity index (χ0v) is 20.3. The summed E-state index contributed by atoms with van der Waals surface area (Å²) in [5.41, 5.74) is 6.94. The number of nitriles is 1. The van der Waals surface area contributed by atoms with Gasteiger partial charge in [0.2, 0.25) is 5.69 Å².